The molecule has 1 aliphatic rings. The van der Waals surface area contributed by atoms with Gasteiger partial charge >= 0.3 is 6.18 Å². The number of hydrogen-bond donors (Lipinski definition) is 2. The lowest BCUT2D eigenvalue weighted by atomic mass is 9.98. The van der Waals surface area contributed by atoms with Crippen LogP contribution in [0.5, 0.6) is 0 Å². The second-order valence-electron chi connectivity index (χ2n) is 7.55. The van der Waals surface area contributed by atoms with Crippen LogP contribution in [0, 0.1) is 0 Å². The van der Waals surface area contributed by atoms with Gasteiger partial charge < -0.3 is 16.0 Å². The molecule has 2 heterocycles. The molecule has 4 rings (SSSR count). The molecule has 1 aliphatic heterocycles. The van der Waals surface area contributed by atoms with Crippen molar-refractivity contribution in [1.82, 2.24) is 15.1 Å². The van der Waals surface area contributed by atoms with Gasteiger partial charge in [0.2, 0.25) is 0 Å². The zero-order chi connectivity index (χ0) is 21.3. The highest BCUT2D eigenvalue weighted by Crippen LogP contribution is 2.32. The van der Waals surface area contributed by atoms with Gasteiger partial charge in [0.05, 0.1) is 23.0 Å². The van der Waals surface area contributed by atoms with E-state index < -0.39 is 11.7 Å². The quantitative estimate of drug-likeness (QED) is 0.614. The van der Waals surface area contributed by atoms with E-state index in [0.29, 0.717) is 11.3 Å². The van der Waals surface area contributed by atoms with Gasteiger partial charge in [0.25, 0.3) is 0 Å². The number of anilines is 2. The van der Waals surface area contributed by atoms with Gasteiger partial charge in [-0.25, -0.2) is 0 Å². The highest BCUT2D eigenvalue weighted by molar-refractivity contribution is 5.93. The Morgan fingerprint density at radius 1 is 1.17 bits per heavy atom. The van der Waals surface area contributed by atoms with Gasteiger partial charge in [0.15, 0.2) is 0 Å². The lowest BCUT2D eigenvalue weighted by Gasteiger charge is -2.22. The second-order valence-corrected chi connectivity index (χ2v) is 7.55. The number of benzene rings is 2. The fourth-order valence-corrected chi connectivity index (χ4v) is 3.61. The summed E-state index contributed by atoms with van der Waals surface area (Å²) in [7, 11) is 2.09. The average molecular weight is 413 g/mol. The first kappa shape index (κ1) is 20.2. The fourth-order valence-electron chi connectivity index (χ4n) is 3.61. The molecular formula is C22H22F3N5. The van der Waals surface area contributed by atoms with Gasteiger partial charge in [0.1, 0.15) is 0 Å². The molecule has 0 saturated carbocycles. The summed E-state index contributed by atoms with van der Waals surface area (Å²) in [5.74, 6) is 0. The first-order valence-corrected chi connectivity index (χ1v) is 9.63. The minimum Gasteiger partial charge on any atom is -0.399 e. The Morgan fingerprint density at radius 2 is 2.00 bits per heavy atom. The predicted octanol–water partition coefficient (Wildman–Crippen LogP) is 4.56. The summed E-state index contributed by atoms with van der Waals surface area (Å²) in [6, 6.07) is 9.59. The van der Waals surface area contributed by atoms with Crippen molar-refractivity contribution in [3.8, 4) is 0 Å². The summed E-state index contributed by atoms with van der Waals surface area (Å²) in [6.07, 6.45) is 0.336. The number of alkyl halides is 3. The number of rotatable bonds is 4. The van der Waals surface area contributed by atoms with Crippen LogP contribution in [0.15, 0.2) is 48.7 Å². The van der Waals surface area contributed by atoms with Crippen molar-refractivity contribution in [2.75, 3.05) is 31.2 Å². The summed E-state index contributed by atoms with van der Waals surface area (Å²) in [4.78, 5) is 2.25. The van der Waals surface area contributed by atoms with Crippen LogP contribution in [0.1, 0.15) is 23.1 Å². The Labute approximate surface area is 172 Å². The smallest absolute Gasteiger partial charge is 0.399 e. The van der Waals surface area contributed by atoms with Crippen LogP contribution < -0.4 is 11.1 Å². The molecule has 3 N–H and O–H groups in total. The third kappa shape index (κ3) is 4.38. The number of aromatic nitrogens is 2. The molecule has 1 aromatic heterocycles. The molecule has 30 heavy (non-hydrogen) atoms. The molecular weight excluding hydrogens is 391 g/mol. The first-order valence-electron chi connectivity index (χ1n) is 9.63. The standard InChI is InChI=1S/C22H22F3N5/c1-30-6-4-15(5-7-30)16-2-3-20-19(10-16)21(13-28-29-20)27-12-14-8-17(22(23,24)25)11-18(26)9-14/h2-4,8-11,13H,5-7,12,26H2,1H3,(H,27,29). The zero-order valence-corrected chi connectivity index (χ0v) is 16.5. The summed E-state index contributed by atoms with van der Waals surface area (Å²) in [5.41, 5.74) is 9.28. The minimum atomic E-state index is -4.44. The van der Waals surface area contributed by atoms with Gasteiger partial charge in [-0.15, -0.1) is 0 Å². The van der Waals surface area contributed by atoms with Gasteiger partial charge in [-0.05, 0) is 60.5 Å². The van der Waals surface area contributed by atoms with Crippen molar-refractivity contribution in [3.63, 3.8) is 0 Å². The van der Waals surface area contributed by atoms with Crippen LogP contribution in [0.4, 0.5) is 24.5 Å². The Bertz CT molecular complexity index is 1110. The molecule has 156 valence electrons. The van der Waals surface area contributed by atoms with Crippen LogP contribution >= 0.6 is 0 Å². The second kappa shape index (κ2) is 7.95. The maximum Gasteiger partial charge on any atom is 0.416 e. The highest BCUT2D eigenvalue weighted by Gasteiger charge is 2.31. The lowest BCUT2D eigenvalue weighted by Crippen LogP contribution is -2.23. The number of hydrogen-bond acceptors (Lipinski definition) is 5. The van der Waals surface area contributed by atoms with Crippen LogP contribution in [0.2, 0.25) is 0 Å². The average Bonchev–Trinajstić information content (AvgIpc) is 2.71. The van der Waals surface area contributed by atoms with E-state index in [1.165, 1.54) is 11.6 Å². The monoisotopic (exact) mass is 413 g/mol. The summed E-state index contributed by atoms with van der Waals surface area (Å²) < 4.78 is 39.2. The molecule has 0 saturated heterocycles. The van der Waals surface area contributed by atoms with Gasteiger partial charge in [-0.3, -0.25) is 0 Å². The van der Waals surface area contributed by atoms with Crippen LogP contribution in [0.25, 0.3) is 16.5 Å². The van der Waals surface area contributed by atoms with Crippen LogP contribution in [0.3, 0.4) is 0 Å². The predicted molar refractivity (Wildman–Crippen MR) is 113 cm³/mol. The number of nitrogen functional groups attached to an aromatic ring is 1. The van der Waals surface area contributed by atoms with Gasteiger partial charge in [-0.2, -0.15) is 23.4 Å². The SMILES string of the molecule is CN1CC=C(c2ccc3nncc(NCc4cc(N)cc(C(F)(F)F)c4)c3c2)CC1. The number of halogens is 3. The van der Waals surface area contributed by atoms with E-state index in [9.17, 15) is 13.2 Å². The van der Waals surface area contributed by atoms with Crippen molar-refractivity contribution in [2.24, 2.45) is 0 Å². The van der Waals surface area contributed by atoms with E-state index in [1.807, 2.05) is 12.1 Å². The molecule has 5 nitrogen and oxygen atoms in total. The fraction of sp³-hybridized carbons (Fsp3) is 0.273. The lowest BCUT2D eigenvalue weighted by molar-refractivity contribution is -0.137. The summed E-state index contributed by atoms with van der Waals surface area (Å²) >= 11 is 0. The molecule has 8 heteroatoms. The van der Waals surface area contributed by atoms with E-state index in [4.69, 9.17) is 5.73 Å². The van der Waals surface area contributed by atoms with E-state index in [0.717, 1.165) is 48.1 Å². The Morgan fingerprint density at radius 3 is 2.73 bits per heavy atom. The molecule has 0 radical (unpaired) electrons. The maximum absolute atomic E-state index is 13.1. The summed E-state index contributed by atoms with van der Waals surface area (Å²) in [5, 5.41) is 12.3. The third-order valence-electron chi connectivity index (χ3n) is 5.25. The molecule has 0 amide bonds. The van der Waals surface area contributed by atoms with E-state index in [2.05, 4.69) is 39.6 Å². The van der Waals surface area contributed by atoms with Crippen LogP contribution in [-0.4, -0.2) is 35.2 Å². The number of nitrogens with two attached hydrogens (primary N) is 1. The van der Waals surface area contributed by atoms with E-state index in [1.54, 1.807) is 6.20 Å². The Balaban J connectivity index is 1.62. The number of likely N-dealkylation sites (N-methyl/N-ethyl adjacent to an activating group) is 1. The maximum atomic E-state index is 13.1. The molecule has 2 aromatic carbocycles. The minimum absolute atomic E-state index is 0.0795. The molecule has 0 bridgehead atoms. The molecule has 0 aliphatic carbocycles. The topological polar surface area (TPSA) is 67.1 Å². The van der Waals surface area contributed by atoms with E-state index >= 15 is 0 Å². The normalized spacial score (nSPS) is 15.3. The first-order chi connectivity index (χ1) is 14.3. The molecule has 3 aromatic rings. The molecule has 0 atom stereocenters. The number of nitrogens with zero attached hydrogens (tertiary/aromatic N) is 3. The summed E-state index contributed by atoms with van der Waals surface area (Å²) in [6.45, 7) is 2.09. The van der Waals surface area contributed by atoms with Crippen molar-refractivity contribution in [3.05, 3.63) is 65.4 Å². The Kier molecular flexibility index (Phi) is 5.34. The Hall–Kier alpha value is -3.13. The third-order valence-corrected chi connectivity index (χ3v) is 5.25. The molecule has 0 spiro atoms. The van der Waals surface area contributed by atoms with Gasteiger partial charge in [0, 0.05) is 30.7 Å². The van der Waals surface area contributed by atoms with Crippen molar-refractivity contribution in [1.29, 1.82) is 0 Å². The van der Waals surface area contributed by atoms with Crippen LogP contribution in [-0.2, 0) is 12.7 Å². The zero-order valence-electron chi connectivity index (χ0n) is 16.5. The largest absolute Gasteiger partial charge is 0.416 e. The van der Waals surface area contributed by atoms with Crippen molar-refractivity contribution >= 4 is 27.9 Å². The number of nitrogens with one attached hydrogen (secondary N) is 1. The van der Waals surface area contributed by atoms with Crippen molar-refractivity contribution < 1.29 is 13.2 Å². The molecule has 0 unspecified atom stereocenters. The van der Waals surface area contributed by atoms with Crippen molar-refractivity contribution in [2.45, 2.75) is 19.1 Å². The van der Waals surface area contributed by atoms with E-state index in [-0.39, 0.29) is 12.2 Å². The molecule has 0 fully saturated rings. The number of fused-ring (bicyclic) bond motifs is 1. The highest BCUT2D eigenvalue weighted by atomic mass is 19.4. The van der Waals surface area contributed by atoms with Gasteiger partial charge in [-0.1, -0.05) is 12.1 Å².